The molecule has 4 heteroatoms. The van der Waals surface area contributed by atoms with Crippen LogP contribution in [0, 0.1) is 13.8 Å². The van der Waals surface area contributed by atoms with Crippen molar-refractivity contribution in [3.8, 4) is 11.4 Å². The minimum Gasteiger partial charge on any atom is -0.389 e. The van der Waals surface area contributed by atoms with Gasteiger partial charge in [-0.3, -0.25) is 0 Å². The molecule has 0 saturated carbocycles. The molecule has 3 aromatic rings. The normalized spacial score (nSPS) is 11.2. The number of hydrogen-bond donors (Lipinski definition) is 2. The van der Waals surface area contributed by atoms with Crippen LogP contribution in [-0.2, 0) is 0 Å². The standard InChI is InChI=1S/C13H13N3S/c1-7-4-3-5-9-6-10(16-11(7)9)12-13(14)17-8(2)15-12/h3-6,16H,14H2,1-2H3. The van der Waals surface area contributed by atoms with Crippen LogP contribution in [0.5, 0.6) is 0 Å². The maximum atomic E-state index is 5.97. The second-order valence-electron chi connectivity index (χ2n) is 4.17. The van der Waals surface area contributed by atoms with Crippen molar-refractivity contribution < 1.29 is 0 Å². The van der Waals surface area contributed by atoms with Crippen molar-refractivity contribution in [3.63, 3.8) is 0 Å². The lowest BCUT2D eigenvalue weighted by molar-refractivity contribution is 1.27. The molecule has 17 heavy (non-hydrogen) atoms. The number of H-pyrrole nitrogens is 1. The lowest BCUT2D eigenvalue weighted by atomic mass is 10.2. The number of nitrogens with two attached hydrogens (primary N) is 1. The maximum Gasteiger partial charge on any atom is 0.121 e. The number of rotatable bonds is 1. The van der Waals surface area contributed by atoms with Crippen LogP contribution < -0.4 is 5.73 Å². The summed E-state index contributed by atoms with van der Waals surface area (Å²) < 4.78 is 0. The third kappa shape index (κ3) is 1.61. The van der Waals surface area contributed by atoms with Crippen molar-refractivity contribution in [2.24, 2.45) is 0 Å². The van der Waals surface area contributed by atoms with E-state index >= 15 is 0 Å². The number of nitrogen functional groups attached to an aromatic ring is 1. The van der Waals surface area contributed by atoms with E-state index in [4.69, 9.17) is 5.73 Å². The molecule has 0 amide bonds. The van der Waals surface area contributed by atoms with Crippen molar-refractivity contribution in [2.75, 3.05) is 5.73 Å². The van der Waals surface area contributed by atoms with Crippen molar-refractivity contribution in [3.05, 3.63) is 34.8 Å². The summed E-state index contributed by atoms with van der Waals surface area (Å²) in [6.07, 6.45) is 0. The van der Waals surface area contributed by atoms with Gasteiger partial charge in [0.25, 0.3) is 0 Å². The van der Waals surface area contributed by atoms with E-state index in [2.05, 4.69) is 41.2 Å². The molecule has 3 nitrogen and oxygen atoms in total. The Kier molecular flexibility index (Phi) is 2.19. The molecule has 3 rings (SSSR count). The lowest BCUT2D eigenvalue weighted by Gasteiger charge is -1.94. The summed E-state index contributed by atoms with van der Waals surface area (Å²) in [5, 5.41) is 2.96. The van der Waals surface area contributed by atoms with E-state index < -0.39 is 0 Å². The Morgan fingerprint density at radius 3 is 2.76 bits per heavy atom. The van der Waals surface area contributed by atoms with Gasteiger partial charge in [0, 0.05) is 10.9 Å². The predicted molar refractivity (Wildman–Crippen MR) is 73.3 cm³/mol. The first-order valence-corrected chi connectivity index (χ1v) is 6.28. The molecule has 0 fully saturated rings. The molecule has 2 heterocycles. The second kappa shape index (κ2) is 3.60. The molecule has 0 unspecified atom stereocenters. The first-order valence-electron chi connectivity index (χ1n) is 5.47. The van der Waals surface area contributed by atoms with Gasteiger partial charge in [0.1, 0.15) is 10.7 Å². The summed E-state index contributed by atoms with van der Waals surface area (Å²) in [5.41, 5.74) is 10.2. The third-order valence-corrected chi connectivity index (χ3v) is 3.68. The fourth-order valence-electron chi connectivity index (χ4n) is 2.07. The van der Waals surface area contributed by atoms with Crippen LogP contribution in [-0.4, -0.2) is 9.97 Å². The van der Waals surface area contributed by atoms with E-state index in [0.29, 0.717) is 0 Å². The van der Waals surface area contributed by atoms with Gasteiger partial charge in [0.2, 0.25) is 0 Å². The van der Waals surface area contributed by atoms with E-state index in [0.717, 1.165) is 26.9 Å². The zero-order valence-electron chi connectivity index (χ0n) is 9.74. The first kappa shape index (κ1) is 10.4. The number of benzene rings is 1. The van der Waals surface area contributed by atoms with Crippen LogP contribution in [0.15, 0.2) is 24.3 Å². The molecule has 2 aromatic heterocycles. The van der Waals surface area contributed by atoms with Gasteiger partial charge in [-0.1, -0.05) is 18.2 Å². The van der Waals surface area contributed by atoms with Gasteiger partial charge in [0.15, 0.2) is 0 Å². The smallest absolute Gasteiger partial charge is 0.121 e. The summed E-state index contributed by atoms with van der Waals surface area (Å²) in [6, 6.07) is 8.36. The number of nitrogens with one attached hydrogen (secondary N) is 1. The molecular formula is C13H13N3S. The Hall–Kier alpha value is -1.81. The number of aromatic amines is 1. The highest BCUT2D eigenvalue weighted by Gasteiger charge is 2.11. The second-order valence-corrected chi connectivity index (χ2v) is 5.40. The monoisotopic (exact) mass is 243 g/mol. The highest BCUT2D eigenvalue weighted by molar-refractivity contribution is 7.16. The van der Waals surface area contributed by atoms with Crippen LogP contribution in [0.3, 0.4) is 0 Å². The summed E-state index contributed by atoms with van der Waals surface area (Å²) in [7, 11) is 0. The number of thiazole rings is 1. The predicted octanol–water partition coefficient (Wildman–Crippen LogP) is 3.49. The molecule has 86 valence electrons. The largest absolute Gasteiger partial charge is 0.389 e. The van der Waals surface area contributed by atoms with E-state index in [1.807, 2.05) is 6.92 Å². The van der Waals surface area contributed by atoms with Crippen LogP contribution >= 0.6 is 11.3 Å². The van der Waals surface area contributed by atoms with Gasteiger partial charge < -0.3 is 10.7 Å². The molecule has 0 radical (unpaired) electrons. The van der Waals surface area contributed by atoms with Gasteiger partial charge >= 0.3 is 0 Å². The van der Waals surface area contributed by atoms with Crippen LogP contribution in [0.2, 0.25) is 0 Å². The number of aromatic nitrogens is 2. The minimum absolute atomic E-state index is 0.770. The molecule has 1 aromatic carbocycles. The number of hydrogen-bond acceptors (Lipinski definition) is 3. The maximum absolute atomic E-state index is 5.97. The Morgan fingerprint density at radius 1 is 1.29 bits per heavy atom. The minimum atomic E-state index is 0.770. The Bertz CT molecular complexity index is 694. The molecule has 0 aliphatic heterocycles. The quantitative estimate of drug-likeness (QED) is 0.687. The molecule has 3 N–H and O–H groups in total. The van der Waals surface area contributed by atoms with E-state index in [1.165, 1.54) is 22.3 Å². The van der Waals surface area contributed by atoms with Gasteiger partial charge in [-0.05, 0) is 25.5 Å². The highest BCUT2D eigenvalue weighted by atomic mass is 32.1. The van der Waals surface area contributed by atoms with Crippen molar-refractivity contribution in [1.29, 1.82) is 0 Å². The molecule has 0 spiro atoms. The lowest BCUT2D eigenvalue weighted by Crippen LogP contribution is -1.85. The van der Waals surface area contributed by atoms with Crippen molar-refractivity contribution in [2.45, 2.75) is 13.8 Å². The molecular weight excluding hydrogens is 230 g/mol. The molecule has 0 aliphatic carbocycles. The van der Waals surface area contributed by atoms with Crippen molar-refractivity contribution in [1.82, 2.24) is 9.97 Å². The molecule has 0 aliphatic rings. The summed E-state index contributed by atoms with van der Waals surface area (Å²) in [5.74, 6) is 0. The van der Waals surface area contributed by atoms with Gasteiger partial charge in [-0.15, -0.1) is 11.3 Å². The molecule has 0 saturated heterocycles. The average molecular weight is 243 g/mol. The van der Waals surface area contributed by atoms with Crippen molar-refractivity contribution >= 4 is 27.2 Å². The zero-order chi connectivity index (χ0) is 12.0. The number of aryl methyl sites for hydroxylation is 2. The van der Waals surface area contributed by atoms with Crippen LogP contribution in [0.25, 0.3) is 22.3 Å². The van der Waals surface area contributed by atoms with Gasteiger partial charge in [0.05, 0.1) is 10.7 Å². The van der Waals surface area contributed by atoms with Crippen LogP contribution in [0.4, 0.5) is 5.00 Å². The Labute approximate surface area is 103 Å². The molecule has 0 atom stereocenters. The van der Waals surface area contributed by atoms with Gasteiger partial charge in [-0.25, -0.2) is 4.98 Å². The topological polar surface area (TPSA) is 54.7 Å². The first-order chi connectivity index (χ1) is 8.15. The fraction of sp³-hybridized carbons (Fsp3) is 0.154. The summed E-state index contributed by atoms with van der Waals surface area (Å²) in [6.45, 7) is 4.07. The van der Waals surface area contributed by atoms with Crippen LogP contribution in [0.1, 0.15) is 10.6 Å². The Balaban J connectivity index is 2.25. The van der Waals surface area contributed by atoms with E-state index in [1.54, 1.807) is 0 Å². The summed E-state index contributed by atoms with van der Waals surface area (Å²) in [4.78, 5) is 7.87. The average Bonchev–Trinajstić information content (AvgIpc) is 2.82. The SMILES string of the molecule is Cc1nc(-c2cc3cccc(C)c3[nH]2)c(N)s1. The van der Waals surface area contributed by atoms with E-state index in [9.17, 15) is 0 Å². The Morgan fingerprint density at radius 2 is 2.12 bits per heavy atom. The number of nitrogens with zero attached hydrogens (tertiary/aromatic N) is 1. The fourth-order valence-corrected chi connectivity index (χ4v) is 2.78. The van der Waals surface area contributed by atoms with E-state index in [-0.39, 0.29) is 0 Å². The summed E-state index contributed by atoms with van der Waals surface area (Å²) >= 11 is 1.52. The third-order valence-electron chi connectivity index (χ3n) is 2.88. The number of para-hydroxylation sites is 1. The van der Waals surface area contributed by atoms with Gasteiger partial charge in [-0.2, -0.15) is 0 Å². The number of anilines is 1. The zero-order valence-corrected chi connectivity index (χ0v) is 10.6. The highest BCUT2D eigenvalue weighted by Crippen LogP contribution is 2.32. The number of fused-ring (bicyclic) bond motifs is 1. The molecule has 0 bridgehead atoms.